The third-order valence-corrected chi connectivity index (χ3v) is 2.82. The molecule has 1 saturated carbocycles. The summed E-state index contributed by atoms with van der Waals surface area (Å²) in [5.74, 6) is -0.0510. The maximum atomic E-state index is 12.3. The predicted molar refractivity (Wildman–Crippen MR) is 62.8 cm³/mol. The first-order chi connectivity index (χ1) is 7.24. The molecule has 1 rings (SSSR count). The van der Waals surface area contributed by atoms with Crippen LogP contribution in [0.4, 0.5) is 0 Å². The van der Waals surface area contributed by atoms with Crippen molar-refractivity contribution in [3.05, 3.63) is 18.4 Å². The molecule has 16 heavy (non-hydrogen) atoms. The minimum absolute atomic E-state index is 0.0422. The number of carbonyl (C=O) groups excluding carboxylic acids is 2. The van der Waals surface area contributed by atoms with Crippen LogP contribution < -0.4 is 5.32 Å². The predicted octanol–water partition coefficient (Wildman–Crippen LogP) is 1.84. The summed E-state index contributed by atoms with van der Waals surface area (Å²) >= 11 is 0. The van der Waals surface area contributed by atoms with E-state index in [1.165, 1.54) is 6.92 Å². The Labute approximate surface area is 96.6 Å². The number of carbonyl (C=O) groups is 2. The third-order valence-electron chi connectivity index (χ3n) is 2.82. The number of rotatable bonds is 3. The summed E-state index contributed by atoms with van der Waals surface area (Å²) in [7, 11) is 0. The number of nitrogens with one attached hydrogen (secondary N) is 1. The lowest BCUT2D eigenvalue weighted by Gasteiger charge is -2.25. The van der Waals surface area contributed by atoms with Crippen molar-refractivity contribution in [2.45, 2.75) is 39.7 Å². The molecular formula is C13H19NO2. The van der Waals surface area contributed by atoms with Crippen LogP contribution in [0.1, 0.15) is 34.1 Å². The van der Waals surface area contributed by atoms with E-state index in [4.69, 9.17) is 0 Å². The van der Waals surface area contributed by atoms with Gasteiger partial charge in [0.05, 0.1) is 0 Å². The molecule has 0 radical (unpaired) electrons. The zero-order valence-electron chi connectivity index (χ0n) is 10.4. The number of Topliss-reactive ketones (excluding diaryl/α,β-unsaturated/α-hetero) is 1. The van der Waals surface area contributed by atoms with Gasteiger partial charge < -0.3 is 5.32 Å². The molecule has 0 unspecified atom stereocenters. The van der Waals surface area contributed by atoms with Crippen molar-refractivity contribution in [2.75, 3.05) is 0 Å². The van der Waals surface area contributed by atoms with Gasteiger partial charge in [0.15, 0.2) is 5.78 Å². The van der Waals surface area contributed by atoms with Crippen LogP contribution in [0.25, 0.3) is 0 Å². The fourth-order valence-corrected chi connectivity index (χ4v) is 2.08. The Kier molecular flexibility index (Phi) is 3.11. The maximum absolute atomic E-state index is 12.3. The number of hydrogen-bond acceptors (Lipinski definition) is 2. The van der Waals surface area contributed by atoms with Gasteiger partial charge in [-0.1, -0.05) is 27.4 Å². The molecule has 1 aliphatic rings. The zero-order valence-corrected chi connectivity index (χ0v) is 10.4. The van der Waals surface area contributed by atoms with Gasteiger partial charge in [-0.05, 0) is 12.5 Å². The molecule has 1 aliphatic carbocycles. The Balaban J connectivity index is 2.96. The molecule has 0 bridgehead atoms. The largest absolute Gasteiger partial charge is 0.343 e. The lowest BCUT2D eigenvalue weighted by atomic mass is 9.84. The summed E-state index contributed by atoms with van der Waals surface area (Å²) < 4.78 is 0. The second kappa shape index (κ2) is 3.91. The quantitative estimate of drug-likeness (QED) is 0.739. The summed E-state index contributed by atoms with van der Waals surface area (Å²) in [6, 6.07) is 0. The maximum Gasteiger partial charge on any atom is 0.217 e. The van der Waals surface area contributed by atoms with Gasteiger partial charge in [-0.15, -0.1) is 5.73 Å². The van der Waals surface area contributed by atoms with Crippen LogP contribution in [0.3, 0.4) is 0 Å². The number of ketones is 1. The molecule has 3 nitrogen and oxygen atoms in total. The first-order valence-electron chi connectivity index (χ1n) is 5.43. The highest BCUT2D eigenvalue weighted by Gasteiger charge is 2.61. The number of hydrogen-bond donors (Lipinski definition) is 1. The van der Waals surface area contributed by atoms with Gasteiger partial charge in [0, 0.05) is 18.3 Å². The van der Waals surface area contributed by atoms with E-state index in [9.17, 15) is 9.59 Å². The van der Waals surface area contributed by atoms with Crippen molar-refractivity contribution in [1.82, 2.24) is 5.32 Å². The van der Waals surface area contributed by atoms with Crippen molar-refractivity contribution in [2.24, 2.45) is 11.3 Å². The summed E-state index contributed by atoms with van der Waals surface area (Å²) in [6.45, 7) is 10.5. The molecule has 1 fully saturated rings. The molecule has 1 N–H and O–H groups in total. The smallest absolute Gasteiger partial charge is 0.217 e. The van der Waals surface area contributed by atoms with Crippen molar-refractivity contribution in [3.8, 4) is 0 Å². The molecule has 0 saturated heterocycles. The van der Waals surface area contributed by atoms with Gasteiger partial charge in [0.25, 0.3) is 0 Å². The Morgan fingerprint density at radius 3 is 2.44 bits per heavy atom. The van der Waals surface area contributed by atoms with Crippen LogP contribution in [0.5, 0.6) is 0 Å². The van der Waals surface area contributed by atoms with E-state index < -0.39 is 11.0 Å². The Bertz CT molecular complexity index is 372. The SMILES string of the molecule is C=C=C[C@H]1C[C@]1(NC(C)=O)C(=O)C(C)(C)C. The van der Waals surface area contributed by atoms with Crippen molar-refractivity contribution < 1.29 is 9.59 Å². The highest BCUT2D eigenvalue weighted by atomic mass is 16.2. The minimum atomic E-state index is -0.714. The van der Waals surface area contributed by atoms with Gasteiger partial charge in [0.1, 0.15) is 5.54 Å². The van der Waals surface area contributed by atoms with E-state index in [1.54, 1.807) is 6.08 Å². The van der Waals surface area contributed by atoms with Crippen LogP contribution >= 0.6 is 0 Å². The topological polar surface area (TPSA) is 46.2 Å². The average Bonchev–Trinajstić information content (AvgIpc) is 2.76. The van der Waals surface area contributed by atoms with Crippen molar-refractivity contribution >= 4 is 11.7 Å². The van der Waals surface area contributed by atoms with E-state index in [2.05, 4.69) is 17.6 Å². The van der Waals surface area contributed by atoms with Crippen molar-refractivity contribution in [1.29, 1.82) is 0 Å². The Morgan fingerprint density at radius 2 is 2.06 bits per heavy atom. The molecular weight excluding hydrogens is 202 g/mol. The van der Waals surface area contributed by atoms with Gasteiger partial charge in [0.2, 0.25) is 5.91 Å². The molecule has 0 heterocycles. The van der Waals surface area contributed by atoms with Gasteiger partial charge in [-0.3, -0.25) is 9.59 Å². The Morgan fingerprint density at radius 1 is 1.50 bits per heavy atom. The summed E-state index contributed by atoms with van der Waals surface area (Å²) in [5.41, 5.74) is 1.52. The van der Waals surface area contributed by atoms with E-state index in [0.717, 1.165) is 0 Å². The molecule has 0 spiro atoms. The monoisotopic (exact) mass is 221 g/mol. The van der Waals surface area contributed by atoms with E-state index in [-0.39, 0.29) is 17.6 Å². The van der Waals surface area contributed by atoms with Crippen LogP contribution in [0.15, 0.2) is 18.4 Å². The second-order valence-electron chi connectivity index (χ2n) is 5.41. The van der Waals surface area contributed by atoms with Crippen LogP contribution in [0, 0.1) is 11.3 Å². The van der Waals surface area contributed by atoms with Gasteiger partial charge in [-0.25, -0.2) is 0 Å². The Hall–Kier alpha value is -1.34. The first-order valence-corrected chi connectivity index (χ1v) is 5.43. The molecule has 0 aromatic carbocycles. The number of amides is 1. The molecule has 2 atom stereocenters. The highest BCUT2D eigenvalue weighted by Crippen LogP contribution is 2.48. The average molecular weight is 221 g/mol. The first kappa shape index (κ1) is 12.7. The normalized spacial score (nSPS) is 27.9. The molecule has 0 aromatic heterocycles. The van der Waals surface area contributed by atoms with Crippen LogP contribution in [0.2, 0.25) is 0 Å². The van der Waals surface area contributed by atoms with E-state index >= 15 is 0 Å². The molecule has 0 aliphatic heterocycles. The highest BCUT2D eigenvalue weighted by molar-refractivity contribution is 5.99. The molecule has 0 aromatic rings. The molecule has 3 heteroatoms. The van der Waals surface area contributed by atoms with Gasteiger partial charge >= 0.3 is 0 Å². The lowest BCUT2D eigenvalue weighted by molar-refractivity contribution is -0.133. The third kappa shape index (κ3) is 2.25. The van der Waals surface area contributed by atoms with Gasteiger partial charge in [-0.2, -0.15) is 0 Å². The zero-order chi connectivity index (χ0) is 12.6. The fourth-order valence-electron chi connectivity index (χ4n) is 2.08. The van der Waals surface area contributed by atoms with E-state index in [0.29, 0.717) is 6.42 Å². The van der Waals surface area contributed by atoms with E-state index in [1.807, 2.05) is 20.8 Å². The van der Waals surface area contributed by atoms with Crippen LogP contribution in [-0.4, -0.2) is 17.2 Å². The van der Waals surface area contributed by atoms with Crippen LogP contribution in [-0.2, 0) is 9.59 Å². The van der Waals surface area contributed by atoms with Crippen molar-refractivity contribution in [3.63, 3.8) is 0 Å². The summed E-state index contributed by atoms with van der Waals surface area (Å²) in [6.07, 6.45) is 2.42. The molecule has 88 valence electrons. The summed E-state index contributed by atoms with van der Waals surface area (Å²) in [4.78, 5) is 23.5. The standard InChI is InChI=1S/C13H19NO2/c1-6-7-10-8-13(10,14-9(2)15)11(16)12(3,4)5/h7,10H,1,8H2,2-5H3,(H,14,15)/t10-,13+/m0/s1. The minimum Gasteiger partial charge on any atom is -0.343 e. The molecule has 1 amide bonds. The fraction of sp³-hybridized carbons (Fsp3) is 0.615. The lowest BCUT2D eigenvalue weighted by Crippen LogP contribution is -2.48. The summed E-state index contributed by atoms with van der Waals surface area (Å²) in [5, 5.41) is 2.78. The second-order valence-corrected chi connectivity index (χ2v) is 5.41.